The molecule has 1 unspecified atom stereocenters. The molecule has 1 saturated carbocycles. The predicted molar refractivity (Wildman–Crippen MR) is 129 cm³/mol. The monoisotopic (exact) mass is 486 g/mol. The molecule has 1 aliphatic carbocycles. The van der Waals surface area contributed by atoms with Crippen LogP contribution in [0.3, 0.4) is 0 Å². The second-order valence-corrected chi connectivity index (χ2v) is 9.55. The van der Waals surface area contributed by atoms with Crippen molar-refractivity contribution in [2.45, 2.75) is 38.8 Å². The number of fused-ring (bicyclic) bond motifs is 2. The zero-order chi connectivity index (χ0) is 23.8. The lowest BCUT2D eigenvalue weighted by Crippen LogP contribution is -2.48. The van der Waals surface area contributed by atoms with Crippen LogP contribution in [0.2, 0.25) is 5.02 Å². The summed E-state index contributed by atoms with van der Waals surface area (Å²) >= 11 is 5.90. The van der Waals surface area contributed by atoms with Crippen molar-refractivity contribution >= 4 is 23.2 Å². The van der Waals surface area contributed by atoms with Gasteiger partial charge in [0.2, 0.25) is 11.8 Å². The smallest absolute Gasteiger partial charge is 0.322 e. The number of pyridine rings is 1. The van der Waals surface area contributed by atoms with E-state index in [1.807, 2.05) is 26.0 Å². The van der Waals surface area contributed by atoms with Crippen molar-refractivity contribution in [3.63, 3.8) is 0 Å². The summed E-state index contributed by atoms with van der Waals surface area (Å²) in [7, 11) is 1.63. The maximum Gasteiger partial charge on any atom is 0.322 e. The Morgan fingerprint density at radius 2 is 1.94 bits per heavy atom. The van der Waals surface area contributed by atoms with Crippen molar-refractivity contribution in [3.05, 3.63) is 47.4 Å². The van der Waals surface area contributed by atoms with E-state index in [0.29, 0.717) is 23.7 Å². The van der Waals surface area contributed by atoms with Gasteiger partial charge >= 0.3 is 6.01 Å². The van der Waals surface area contributed by atoms with Gasteiger partial charge in [-0.3, -0.25) is 0 Å². The number of benzene rings is 1. The van der Waals surface area contributed by atoms with Gasteiger partial charge in [-0.25, -0.2) is 14.1 Å². The number of hydrogen-bond donors (Lipinski definition) is 1. The number of methoxy groups -OCH3 is 1. The fraction of sp³-hybridized carbons (Fsp3) is 0.458. The first-order valence-electron chi connectivity index (χ1n) is 11.5. The van der Waals surface area contributed by atoms with Crippen LogP contribution in [-0.2, 0) is 0 Å². The molecule has 180 valence electrons. The van der Waals surface area contributed by atoms with Crippen LogP contribution >= 0.6 is 11.6 Å². The molecular weight excluding hydrogens is 459 g/mol. The van der Waals surface area contributed by atoms with E-state index < -0.39 is 5.82 Å². The number of rotatable bonds is 7. The van der Waals surface area contributed by atoms with Crippen LogP contribution in [0, 0.1) is 17.7 Å². The average molecular weight is 487 g/mol. The summed E-state index contributed by atoms with van der Waals surface area (Å²) in [6.07, 6.45) is 4.07. The van der Waals surface area contributed by atoms with Crippen LogP contribution in [0.1, 0.15) is 32.7 Å². The number of nitrogens with zero attached hydrogens (tertiary/aromatic N) is 5. The van der Waals surface area contributed by atoms with Gasteiger partial charge < -0.3 is 19.7 Å². The average Bonchev–Trinajstić information content (AvgIpc) is 3.32. The molecule has 3 heterocycles. The maximum absolute atomic E-state index is 14.4. The quantitative estimate of drug-likeness (QED) is 0.493. The topological polar surface area (TPSA) is 77.3 Å². The van der Waals surface area contributed by atoms with Crippen LogP contribution in [0.25, 0.3) is 0 Å². The first-order valence-corrected chi connectivity index (χ1v) is 11.9. The first-order chi connectivity index (χ1) is 16.4. The molecule has 1 aliphatic heterocycles. The van der Waals surface area contributed by atoms with Crippen LogP contribution < -0.4 is 19.7 Å². The van der Waals surface area contributed by atoms with Gasteiger partial charge in [-0.05, 0) is 56.7 Å². The van der Waals surface area contributed by atoms with Crippen molar-refractivity contribution in [2.75, 3.05) is 30.4 Å². The third-order valence-corrected chi connectivity index (χ3v) is 6.92. The summed E-state index contributed by atoms with van der Waals surface area (Å²) in [5, 5.41) is 8.18. The van der Waals surface area contributed by atoms with Gasteiger partial charge in [-0.2, -0.15) is 4.98 Å². The fourth-order valence-electron chi connectivity index (χ4n) is 4.96. The van der Waals surface area contributed by atoms with Crippen LogP contribution in [0.4, 0.5) is 16.0 Å². The van der Waals surface area contributed by atoms with E-state index in [0.717, 1.165) is 31.6 Å². The van der Waals surface area contributed by atoms with Crippen molar-refractivity contribution in [1.82, 2.24) is 19.7 Å². The third-order valence-electron chi connectivity index (χ3n) is 6.63. The molecule has 8 nitrogen and oxygen atoms in total. The number of aromatic nitrogens is 4. The number of hydrogen-bond acceptors (Lipinski definition) is 7. The zero-order valence-electron chi connectivity index (χ0n) is 19.4. The number of anilines is 2. The Morgan fingerprint density at radius 3 is 2.65 bits per heavy atom. The largest absolute Gasteiger partial charge is 0.481 e. The summed E-state index contributed by atoms with van der Waals surface area (Å²) in [6.45, 7) is 5.82. The molecule has 0 amide bonds. The minimum atomic E-state index is -0.616. The van der Waals surface area contributed by atoms with E-state index in [9.17, 15) is 4.39 Å². The van der Waals surface area contributed by atoms with E-state index in [-0.39, 0.29) is 28.9 Å². The second kappa shape index (κ2) is 9.29. The molecule has 1 saturated heterocycles. The lowest BCUT2D eigenvalue weighted by Gasteiger charge is -2.39. The predicted octanol–water partition coefficient (Wildman–Crippen LogP) is 5.17. The van der Waals surface area contributed by atoms with Gasteiger partial charge in [0.15, 0.2) is 11.6 Å². The standard InChI is InChI=1S/C24H28ClFN6O2/c1-14(2)32-24(34-19-6-4-5-18(25)21(19)26)29-23(30-32)28-22-15-7-8-16(22)13-31(12-15)17-9-10-27-20(11-17)33-3/h4-6,9-11,14-16,22H,7-8,12-13H2,1-3H3,(H,28,30)/t15-,16+,22?. The molecule has 1 aromatic carbocycles. The molecule has 3 aromatic rings. The molecule has 34 heavy (non-hydrogen) atoms. The molecule has 0 spiro atoms. The first kappa shape index (κ1) is 22.7. The van der Waals surface area contributed by atoms with Gasteiger partial charge in [-0.1, -0.05) is 17.7 Å². The summed E-state index contributed by atoms with van der Waals surface area (Å²) < 4.78 is 27.1. The van der Waals surface area contributed by atoms with E-state index in [1.165, 1.54) is 12.1 Å². The third kappa shape index (κ3) is 4.36. The number of ether oxygens (including phenoxy) is 2. The zero-order valence-corrected chi connectivity index (χ0v) is 20.2. The Balaban J connectivity index is 1.33. The van der Waals surface area contributed by atoms with Crippen LogP contribution in [0.15, 0.2) is 36.5 Å². The van der Waals surface area contributed by atoms with Gasteiger partial charge in [0.25, 0.3) is 0 Å². The molecule has 2 aromatic heterocycles. The Morgan fingerprint density at radius 1 is 1.18 bits per heavy atom. The SMILES string of the molecule is COc1cc(N2C[C@H]3CC[C@@H](C2)C3Nc2nc(Oc3cccc(Cl)c3F)n(C(C)C)n2)ccn1. The molecule has 2 bridgehead atoms. The Kier molecular flexibility index (Phi) is 6.20. The van der Waals surface area contributed by atoms with Crippen LogP contribution in [-0.4, -0.2) is 46.0 Å². The van der Waals surface area contributed by atoms with Crippen molar-refractivity contribution in [3.8, 4) is 17.6 Å². The number of piperidine rings is 1. The van der Waals surface area contributed by atoms with Gasteiger partial charge in [0, 0.05) is 37.1 Å². The highest BCUT2D eigenvalue weighted by Gasteiger charge is 2.42. The molecule has 3 atom stereocenters. The fourth-order valence-corrected chi connectivity index (χ4v) is 5.13. The lowest BCUT2D eigenvalue weighted by atomic mass is 9.92. The summed E-state index contributed by atoms with van der Waals surface area (Å²) in [5.74, 6) is 1.44. The molecule has 1 N–H and O–H groups in total. The molecular formula is C24H28ClFN6O2. The van der Waals surface area contributed by atoms with E-state index in [1.54, 1.807) is 24.1 Å². The molecule has 2 fully saturated rings. The Bertz CT molecular complexity index is 1160. The highest BCUT2D eigenvalue weighted by atomic mass is 35.5. The van der Waals surface area contributed by atoms with Gasteiger partial charge in [0.1, 0.15) is 0 Å². The summed E-state index contributed by atoms with van der Waals surface area (Å²) in [4.78, 5) is 11.2. The maximum atomic E-state index is 14.4. The Labute approximate surface area is 203 Å². The van der Waals surface area contributed by atoms with Crippen molar-refractivity contribution < 1.29 is 13.9 Å². The normalized spacial score (nSPS) is 21.7. The molecule has 5 rings (SSSR count). The minimum absolute atomic E-state index is 0.00149. The number of nitrogens with one attached hydrogen (secondary N) is 1. The van der Waals surface area contributed by atoms with Crippen molar-refractivity contribution in [1.29, 1.82) is 0 Å². The van der Waals surface area contributed by atoms with E-state index >= 15 is 0 Å². The van der Waals surface area contributed by atoms with Gasteiger partial charge in [0.05, 0.1) is 18.2 Å². The lowest BCUT2D eigenvalue weighted by molar-refractivity contribution is 0.360. The minimum Gasteiger partial charge on any atom is -0.481 e. The summed E-state index contributed by atoms with van der Waals surface area (Å²) in [5.41, 5.74) is 1.13. The molecule has 0 radical (unpaired) electrons. The summed E-state index contributed by atoms with van der Waals surface area (Å²) in [6, 6.07) is 9.13. The number of halogens is 2. The van der Waals surface area contributed by atoms with Crippen LogP contribution in [0.5, 0.6) is 17.6 Å². The Hall–Kier alpha value is -3.07. The molecule has 10 heteroatoms. The second-order valence-electron chi connectivity index (χ2n) is 9.14. The van der Waals surface area contributed by atoms with Gasteiger partial charge in [-0.15, -0.1) is 5.10 Å². The van der Waals surface area contributed by atoms with E-state index in [4.69, 9.17) is 21.1 Å². The molecule has 2 aliphatic rings. The highest BCUT2D eigenvalue weighted by Crippen LogP contribution is 2.40. The van der Waals surface area contributed by atoms with Crippen molar-refractivity contribution in [2.24, 2.45) is 11.8 Å². The highest BCUT2D eigenvalue weighted by molar-refractivity contribution is 6.30. The van der Waals surface area contributed by atoms with E-state index in [2.05, 4.69) is 25.3 Å².